The van der Waals surface area contributed by atoms with Gasteiger partial charge in [0.15, 0.2) is 0 Å². The van der Waals surface area contributed by atoms with Gasteiger partial charge < -0.3 is 15.3 Å². The van der Waals surface area contributed by atoms with Gasteiger partial charge in [0.1, 0.15) is 0 Å². The number of fused-ring (bicyclic) bond motifs is 1. The molecular formula is C15H20N4O2. The van der Waals surface area contributed by atoms with Crippen LogP contribution in [-0.2, 0) is 11.3 Å². The molecule has 0 bridgehead atoms. The van der Waals surface area contributed by atoms with Gasteiger partial charge in [0.2, 0.25) is 5.91 Å². The van der Waals surface area contributed by atoms with E-state index in [0.29, 0.717) is 13.1 Å². The lowest BCUT2D eigenvalue weighted by molar-refractivity contribution is -0.129. The number of hydrogen-bond donors (Lipinski definition) is 2. The van der Waals surface area contributed by atoms with Crippen molar-refractivity contribution < 1.29 is 9.90 Å². The molecule has 6 heteroatoms. The van der Waals surface area contributed by atoms with E-state index in [1.807, 2.05) is 19.1 Å². The summed E-state index contributed by atoms with van der Waals surface area (Å²) < 4.78 is 0. The fourth-order valence-corrected chi connectivity index (χ4v) is 2.07. The first kappa shape index (κ1) is 15.3. The molecular weight excluding hydrogens is 268 g/mol. The molecule has 2 aromatic rings. The average molecular weight is 288 g/mol. The second-order valence-electron chi connectivity index (χ2n) is 4.95. The number of aliphatic hydroxyl groups excluding tert-OH is 1. The highest BCUT2D eigenvalue weighted by atomic mass is 16.3. The third kappa shape index (κ3) is 3.96. The van der Waals surface area contributed by atoms with Crippen molar-refractivity contribution in [2.24, 2.45) is 0 Å². The molecule has 6 nitrogen and oxygen atoms in total. The van der Waals surface area contributed by atoms with Crippen LogP contribution in [-0.4, -0.2) is 52.6 Å². The highest BCUT2D eigenvalue weighted by Gasteiger charge is 2.07. The lowest BCUT2D eigenvalue weighted by atomic mass is 10.1. The van der Waals surface area contributed by atoms with Crippen LogP contribution >= 0.6 is 0 Å². The molecule has 2 rings (SSSR count). The van der Waals surface area contributed by atoms with E-state index in [1.54, 1.807) is 19.4 Å². The molecule has 2 N–H and O–H groups in total. The first-order chi connectivity index (χ1) is 10.1. The minimum absolute atomic E-state index is 0.0236. The average Bonchev–Trinajstić information content (AvgIpc) is 2.47. The number of aromatic nitrogens is 2. The monoisotopic (exact) mass is 288 g/mol. The number of aryl methyl sites for hydroxylation is 1. The van der Waals surface area contributed by atoms with Crippen molar-refractivity contribution >= 4 is 16.8 Å². The van der Waals surface area contributed by atoms with Crippen LogP contribution in [0.1, 0.15) is 11.3 Å². The molecule has 0 aliphatic rings. The molecule has 0 aliphatic carbocycles. The van der Waals surface area contributed by atoms with Gasteiger partial charge in [-0.25, -0.2) is 0 Å². The molecule has 2 aromatic heterocycles. The Kier molecular flexibility index (Phi) is 5.19. The van der Waals surface area contributed by atoms with Crippen LogP contribution in [0, 0.1) is 6.92 Å². The second kappa shape index (κ2) is 7.10. The van der Waals surface area contributed by atoms with Crippen LogP contribution in [0.15, 0.2) is 24.5 Å². The number of nitrogens with zero attached hydrogens (tertiary/aromatic N) is 3. The van der Waals surface area contributed by atoms with Gasteiger partial charge in [0.25, 0.3) is 0 Å². The number of carbonyl (C=O) groups is 1. The number of carbonyl (C=O) groups excluding carboxylic acids is 1. The predicted octanol–water partition coefficient (Wildman–Crippen LogP) is 0.479. The van der Waals surface area contributed by atoms with Gasteiger partial charge in [-0.15, -0.1) is 0 Å². The summed E-state index contributed by atoms with van der Waals surface area (Å²) in [5.74, 6) is -0.0437. The third-order valence-corrected chi connectivity index (χ3v) is 3.31. The standard InChI is InChI=1S/C15H20N4O2/c1-11-15-13(3-4-17-11)7-12(9-18-15)8-16-10-14(21)19(2)5-6-20/h3-4,7,9,16,20H,5-6,8,10H2,1-2H3. The molecule has 0 unspecified atom stereocenters. The van der Waals surface area contributed by atoms with Crippen LogP contribution in [0.25, 0.3) is 10.9 Å². The SMILES string of the molecule is Cc1nccc2cc(CNCC(=O)N(C)CCO)cnc12. The number of nitrogens with one attached hydrogen (secondary N) is 1. The number of aliphatic hydroxyl groups is 1. The van der Waals surface area contributed by atoms with Crippen molar-refractivity contribution in [3.63, 3.8) is 0 Å². The Morgan fingerprint density at radius 1 is 1.43 bits per heavy atom. The van der Waals surface area contributed by atoms with E-state index in [0.717, 1.165) is 22.2 Å². The van der Waals surface area contributed by atoms with Gasteiger partial charge in [0.05, 0.1) is 24.4 Å². The Hall–Kier alpha value is -2.05. The van der Waals surface area contributed by atoms with Crippen molar-refractivity contribution in [1.29, 1.82) is 0 Å². The molecule has 0 fully saturated rings. The number of hydrogen-bond acceptors (Lipinski definition) is 5. The van der Waals surface area contributed by atoms with E-state index in [9.17, 15) is 4.79 Å². The number of rotatable bonds is 6. The van der Waals surface area contributed by atoms with Crippen LogP contribution in [0.5, 0.6) is 0 Å². The minimum Gasteiger partial charge on any atom is -0.395 e. The minimum atomic E-state index is -0.0437. The molecule has 0 spiro atoms. The smallest absolute Gasteiger partial charge is 0.236 e. The van der Waals surface area contributed by atoms with Crippen LogP contribution in [0.2, 0.25) is 0 Å². The molecule has 21 heavy (non-hydrogen) atoms. The summed E-state index contributed by atoms with van der Waals surface area (Å²) in [5.41, 5.74) is 2.83. The number of amides is 1. The Labute approximate surface area is 123 Å². The van der Waals surface area contributed by atoms with E-state index in [-0.39, 0.29) is 19.1 Å². The zero-order valence-electron chi connectivity index (χ0n) is 12.3. The van der Waals surface area contributed by atoms with E-state index in [4.69, 9.17) is 5.11 Å². The molecule has 0 aliphatic heterocycles. The van der Waals surface area contributed by atoms with Gasteiger partial charge in [0, 0.05) is 37.9 Å². The topological polar surface area (TPSA) is 78.4 Å². The lowest BCUT2D eigenvalue weighted by Crippen LogP contribution is -2.36. The Morgan fingerprint density at radius 2 is 2.24 bits per heavy atom. The van der Waals surface area contributed by atoms with Crippen molar-refractivity contribution in [2.75, 3.05) is 26.7 Å². The van der Waals surface area contributed by atoms with Gasteiger partial charge >= 0.3 is 0 Å². The fraction of sp³-hybridized carbons (Fsp3) is 0.400. The van der Waals surface area contributed by atoms with E-state index in [1.165, 1.54) is 4.90 Å². The molecule has 0 saturated heterocycles. The lowest BCUT2D eigenvalue weighted by Gasteiger charge is -2.15. The van der Waals surface area contributed by atoms with Crippen molar-refractivity contribution in [3.05, 3.63) is 35.8 Å². The largest absolute Gasteiger partial charge is 0.395 e. The zero-order valence-corrected chi connectivity index (χ0v) is 12.3. The normalized spacial score (nSPS) is 10.8. The molecule has 0 radical (unpaired) electrons. The first-order valence-corrected chi connectivity index (χ1v) is 6.87. The highest BCUT2D eigenvalue weighted by molar-refractivity contribution is 5.80. The Balaban J connectivity index is 1.93. The van der Waals surface area contributed by atoms with E-state index in [2.05, 4.69) is 15.3 Å². The fourth-order valence-electron chi connectivity index (χ4n) is 2.07. The van der Waals surface area contributed by atoms with Crippen LogP contribution in [0.4, 0.5) is 0 Å². The Bertz CT molecular complexity index is 630. The van der Waals surface area contributed by atoms with Gasteiger partial charge in [-0.3, -0.25) is 14.8 Å². The summed E-state index contributed by atoms with van der Waals surface area (Å²) >= 11 is 0. The first-order valence-electron chi connectivity index (χ1n) is 6.87. The Morgan fingerprint density at radius 3 is 3.00 bits per heavy atom. The van der Waals surface area contributed by atoms with Crippen LogP contribution in [0.3, 0.4) is 0 Å². The maximum absolute atomic E-state index is 11.7. The molecule has 2 heterocycles. The summed E-state index contributed by atoms with van der Waals surface area (Å²) in [6.45, 7) is 3.07. The molecule has 0 aromatic carbocycles. The molecule has 1 amide bonds. The summed E-state index contributed by atoms with van der Waals surface area (Å²) in [7, 11) is 1.67. The summed E-state index contributed by atoms with van der Waals surface area (Å²) in [6, 6.07) is 3.98. The molecule has 0 atom stereocenters. The van der Waals surface area contributed by atoms with Gasteiger partial charge in [-0.2, -0.15) is 0 Å². The molecule has 112 valence electrons. The van der Waals surface area contributed by atoms with Crippen molar-refractivity contribution in [1.82, 2.24) is 20.2 Å². The van der Waals surface area contributed by atoms with Crippen molar-refractivity contribution in [2.45, 2.75) is 13.5 Å². The highest BCUT2D eigenvalue weighted by Crippen LogP contribution is 2.14. The predicted molar refractivity (Wildman–Crippen MR) is 80.7 cm³/mol. The van der Waals surface area contributed by atoms with Gasteiger partial charge in [-0.1, -0.05) is 0 Å². The van der Waals surface area contributed by atoms with E-state index >= 15 is 0 Å². The van der Waals surface area contributed by atoms with Gasteiger partial charge in [-0.05, 0) is 24.6 Å². The summed E-state index contributed by atoms with van der Waals surface area (Å²) in [4.78, 5) is 21.8. The second-order valence-corrected chi connectivity index (χ2v) is 4.95. The maximum atomic E-state index is 11.7. The molecule has 0 saturated carbocycles. The summed E-state index contributed by atoms with van der Waals surface area (Å²) in [6.07, 6.45) is 3.57. The third-order valence-electron chi connectivity index (χ3n) is 3.31. The van der Waals surface area contributed by atoms with E-state index < -0.39 is 0 Å². The number of pyridine rings is 2. The zero-order chi connectivity index (χ0) is 15.2. The van der Waals surface area contributed by atoms with Crippen molar-refractivity contribution in [3.8, 4) is 0 Å². The maximum Gasteiger partial charge on any atom is 0.236 e. The number of likely N-dealkylation sites (N-methyl/N-ethyl adjacent to an activating group) is 1. The summed E-state index contributed by atoms with van der Waals surface area (Å²) in [5, 5.41) is 12.9. The quantitative estimate of drug-likeness (QED) is 0.808. The van der Waals surface area contributed by atoms with Crippen LogP contribution < -0.4 is 5.32 Å².